The summed E-state index contributed by atoms with van der Waals surface area (Å²) in [7, 11) is 0. The summed E-state index contributed by atoms with van der Waals surface area (Å²) in [6.07, 6.45) is 8.96. The second kappa shape index (κ2) is 31.0. The third-order valence-electron chi connectivity index (χ3n) is 10.6. The Bertz CT molecular complexity index is 927. The van der Waals surface area contributed by atoms with Crippen LogP contribution in [0.2, 0.25) is 0 Å². The molecule has 0 bridgehead atoms. The van der Waals surface area contributed by atoms with Gasteiger partial charge in [-0.15, -0.1) is 0 Å². The molecule has 0 amide bonds. The second-order valence-electron chi connectivity index (χ2n) is 15.5. The van der Waals surface area contributed by atoms with Crippen LogP contribution in [0.25, 0.3) is 0 Å². The molecular weight excluding hydrogens is 716 g/mol. The van der Waals surface area contributed by atoms with Crippen molar-refractivity contribution >= 4 is 5.97 Å². The van der Waals surface area contributed by atoms with Gasteiger partial charge >= 0.3 is 5.97 Å². The number of unbranched alkanes of at least 4 members (excludes halogenated alkanes) is 19. The van der Waals surface area contributed by atoms with Crippen molar-refractivity contribution in [2.24, 2.45) is 0 Å². The summed E-state index contributed by atoms with van der Waals surface area (Å²) in [6.45, 7) is 3.66. The normalized spacial score (nSPS) is 29.0. The van der Waals surface area contributed by atoms with E-state index < -0.39 is 80.7 Å². The third-order valence-corrected chi connectivity index (χ3v) is 10.6. The van der Waals surface area contributed by atoms with Crippen molar-refractivity contribution < 1.29 is 69.0 Å². The van der Waals surface area contributed by atoms with Gasteiger partial charge in [0, 0.05) is 13.0 Å². The van der Waals surface area contributed by atoms with E-state index in [0.717, 1.165) is 38.5 Å². The van der Waals surface area contributed by atoms with Gasteiger partial charge < -0.3 is 64.2 Å². The maximum Gasteiger partial charge on any atom is 0.306 e. The average Bonchev–Trinajstić information content (AvgIpc) is 3.18. The van der Waals surface area contributed by atoms with E-state index in [2.05, 4.69) is 13.8 Å². The smallest absolute Gasteiger partial charge is 0.306 e. The zero-order valence-corrected chi connectivity index (χ0v) is 33.9. The summed E-state index contributed by atoms with van der Waals surface area (Å²) in [5.74, 6) is -0.377. The van der Waals surface area contributed by atoms with Gasteiger partial charge in [0.1, 0.15) is 54.9 Å². The zero-order valence-electron chi connectivity index (χ0n) is 33.9. The van der Waals surface area contributed by atoms with Gasteiger partial charge in [0.2, 0.25) is 0 Å². The molecule has 0 aromatic carbocycles. The van der Waals surface area contributed by atoms with Crippen LogP contribution in [0.3, 0.4) is 0 Å². The van der Waals surface area contributed by atoms with Crippen molar-refractivity contribution in [3.8, 4) is 0 Å². The fourth-order valence-electron chi connectivity index (χ4n) is 6.99. The van der Waals surface area contributed by atoms with Crippen molar-refractivity contribution in [2.45, 2.75) is 223 Å². The van der Waals surface area contributed by atoms with Crippen LogP contribution in [0, 0.1) is 0 Å². The Balaban J connectivity index is 1.84. The molecule has 2 saturated heterocycles. The van der Waals surface area contributed by atoms with E-state index in [1.807, 2.05) is 0 Å². The molecular formula is C41H78O14. The standard InChI is InChI=1S/C41H78O14/c1-3-5-7-9-11-13-15-17-19-21-23-25-50-27-30(53-33(43)24-22-20-18-16-14-12-10-8-6-4-2)28-51-40-39(49)37(47)35(45)32(55-40)29-52-41-38(48)36(46)34(44)31(26-42)54-41/h30-32,34-42,44-49H,3-29H2,1-2H3. The van der Waals surface area contributed by atoms with Gasteiger partial charge in [0.05, 0.1) is 26.4 Å². The van der Waals surface area contributed by atoms with Crippen LogP contribution in [0.1, 0.15) is 155 Å². The van der Waals surface area contributed by atoms with Gasteiger partial charge in [-0.05, 0) is 12.8 Å². The quantitative estimate of drug-likeness (QED) is 0.0367. The van der Waals surface area contributed by atoms with Crippen molar-refractivity contribution in [3.63, 3.8) is 0 Å². The van der Waals surface area contributed by atoms with Crippen LogP contribution < -0.4 is 0 Å². The number of rotatable bonds is 33. The Labute approximate surface area is 330 Å². The first-order valence-corrected chi connectivity index (χ1v) is 21.6. The lowest BCUT2D eigenvalue weighted by atomic mass is 9.98. The van der Waals surface area contributed by atoms with Crippen LogP contribution in [0.15, 0.2) is 0 Å². The number of aliphatic hydroxyl groups excluding tert-OH is 7. The van der Waals surface area contributed by atoms with E-state index in [1.54, 1.807) is 0 Å². The third kappa shape index (κ3) is 20.5. The highest BCUT2D eigenvalue weighted by atomic mass is 16.7. The van der Waals surface area contributed by atoms with Gasteiger partial charge in [-0.25, -0.2) is 0 Å². The monoisotopic (exact) mass is 795 g/mol. The molecule has 2 fully saturated rings. The Morgan fingerprint density at radius 2 is 0.964 bits per heavy atom. The molecule has 0 radical (unpaired) electrons. The molecule has 0 saturated carbocycles. The Morgan fingerprint density at radius 3 is 1.47 bits per heavy atom. The molecule has 11 atom stereocenters. The molecule has 14 heteroatoms. The lowest BCUT2D eigenvalue weighted by molar-refractivity contribution is -0.332. The molecule has 0 spiro atoms. The molecule has 2 aliphatic rings. The number of esters is 1. The van der Waals surface area contributed by atoms with E-state index in [0.29, 0.717) is 13.0 Å². The molecule has 11 unspecified atom stereocenters. The number of carbonyl (C=O) groups excluding carboxylic acids is 1. The summed E-state index contributed by atoms with van der Waals surface area (Å²) in [5, 5.41) is 71.7. The van der Waals surface area contributed by atoms with Gasteiger partial charge in [-0.3, -0.25) is 4.79 Å². The number of aliphatic hydroxyl groups is 7. The van der Waals surface area contributed by atoms with E-state index >= 15 is 0 Å². The molecule has 2 rings (SSSR count). The van der Waals surface area contributed by atoms with Crippen LogP contribution in [0.4, 0.5) is 0 Å². The zero-order chi connectivity index (χ0) is 40.3. The fourth-order valence-corrected chi connectivity index (χ4v) is 6.99. The first-order chi connectivity index (χ1) is 26.6. The summed E-state index contributed by atoms with van der Waals surface area (Å²) < 4.78 is 34.0. The molecule has 2 aliphatic heterocycles. The van der Waals surface area contributed by atoms with Gasteiger partial charge in [0.15, 0.2) is 12.6 Å². The van der Waals surface area contributed by atoms with Crippen molar-refractivity contribution in [3.05, 3.63) is 0 Å². The molecule has 7 N–H and O–H groups in total. The minimum absolute atomic E-state index is 0.0686. The Kier molecular flexibility index (Phi) is 28.2. The van der Waals surface area contributed by atoms with Crippen molar-refractivity contribution in [2.75, 3.05) is 33.0 Å². The van der Waals surface area contributed by atoms with Crippen LogP contribution in [-0.2, 0) is 33.2 Å². The molecule has 14 nitrogen and oxygen atoms in total. The lowest BCUT2D eigenvalue weighted by Gasteiger charge is -2.42. The summed E-state index contributed by atoms with van der Waals surface area (Å²) in [6, 6.07) is 0. The summed E-state index contributed by atoms with van der Waals surface area (Å²) >= 11 is 0. The number of hydrogen-bond donors (Lipinski definition) is 7. The molecule has 326 valence electrons. The SMILES string of the molecule is CCCCCCCCCCCCCOCC(COC1OC(COC2OC(CO)C(O)C(O)C2O)C(O)C(O)C1O)OC(=O)CCCCCCCCCCCC. The topological polar surface area (TPSA) is 214 Å². The van der Waals surface area contributed by atoms with Crippen molar-refractivity contribution in [1.82, 2.24) is 0 Å². The first kappa shape index (κ1) is 50.1. The molecule has 0 aromatic rings. The predicted molar refractivity (Wildman–Crippen MR) is 206 cm³/mol. The highest BCUT2D eigenvalue weighted by Gasteiger charge is 2.47. The second-order valence-corrected chi connectivity index (χ2v) is 15.5. The highest BCUT2D eigenvalue weighted by molar-refractivity contribution is 5.69. The minimum atomic E-state index is -1.70. The number of carbonyl (C=O) groups is 1. The number of ether oxygens (including phenoxy) is 6. The van der Waals surface area contributed by atoms with Gasteiger partial charge in [-0.2, -0.15) is 0 Å². The Morgan fingerprint density at radius 1 is 0.527 bits per heavy atom. The van der Waals surface area contributed by atoms with E-state index in [1.165, 1.54) is 89.9 Å². The molecule has 55 heavy (non-hydrogen) atoms. The lowest BCUT2D eigenvalue weighted by Crippen LogP contribution is -2.61. The van der Waals surface area contributed by atoms with E-state index in [-0.39, 0.29) is 25.6 Å². The van der Waals surface area contributed by atoms with Crippen molar-refractivity contribution in [1.29, 1.82) is 0 Å². The maximum atomic E-state index is 12.9. The van der Waals surface area contributed by atoms with E-state index in [4.69, 9.17) is 28.4 Å². The fraction of sp³-hybridized carbons (Fsp3) is 0.976. The predicted octanol–water partition coefficient (Wildman–Crippen LogP) is 4.18. The van der Waals surface area contributed by atoms with Crippen LogP contribution in [-0.4, -0.2) is 142 Å². The minimum Gasteiger partial charge on any atom is -0.457 e. The summed E-state index contributed by atoms with van der Waals surface area (Å²) in [4.78, 5) is 12.9. The van der Waals surface area contributed by atoms with E-state index in [9.17, 15) is 40.5 Å². The molecule has 2 heterocycles. The maximum absolute atomic E-state index is 12.9. The largest absolute Gasteiger partial charge is 0.457 e. The van der Waals surface area contributed by atoms with Gasteiger partial charge in [-0.1, -0.05) is 136 Å². The highest BCUT2D eigenvalue weighted by Crippen LogP contribution is 2.26. The number of hydrogen-bond acceptors (Lipinski definition) is 14. The average molecular weight is 795 g/mol. The molecule has 0 aliphatic carbocycles. The summed E-state index contributed by atoms with van der Waals surface area (Å²) in [5.41, 5.74) is 0. The Hall–Kier alpha value is -1.01. The van der Waals surface area contributed by atoms with Gasteiger partial charge in [0.25, 0.3) is 0 Å². The molecule has 0 aromatic heterocycles. The first-order valence-electron chi connectivity index (χ1n) is 21.6. The van der Waals surface area contributed by atoms with Crippen LogP contribution in [0.5, 0.6) is 0 Å². The van der Waals surface area contributed by atoms with Crippen LogP contribution >= 0.6 is 0 Å².